The van der Waals surface area contributed by atoms with Crippen LogP contribution in [-0.4, -0.2) is 77.0 Å². The minimum absolute atomic E-state index is 1.32. The predicted molar refractivity (Wildman–Crippen MR) is 115 cm³/mol. The molecule has 0 aliphatic carbocycles. The van der Waals surface area contributed by atoms with Crippen LogP contribution in [-0.2, 0) is 0 Å². The summed E-state index contributed by atoms with van der Waals surface area (Å²) in [6.07, 6.45) is -8.19. The zero-order valence-corrected chi connectivity index (χ0v) is 24.7. The lowest BCUT2D eigenvalue weighted by Gasteiger charge is -2.45. The maximum atomic E-state index is 13.6. The molecule has 1 aromatic carbocycles. The summed E-state index contributed by atoms with van der Waals surface area (Å²) in [7, 11) is 0. The third kappa shape index (κ3) is 6.44. The molecule has 0 saturated carbocycles. The largest absolute Gasteiger partial charge is 0.460 e. The monoisotopic (exact) mass is 844 g/mol. The average molecular weight is 846 g/mol. The maximum Gasteiger partial charge on any atom is 0.460 e. The molecule has 0 nitrogen and oxygen atoms in total. The van der Waals surface area contributed by atoms with Crippen LogP contribution in [0.3, 0.4) is 0 Å². The highest BCUT2D eigenvalue weighted by atomic mass is 35.8. The van der Waals surface area contributed by atoms with Gasteiger partial charge in [-0.2, -0.15) is 110 Å². The first-order chi connectivity index (χ1) is 20.4. The highest BCUT2D eigenvalue weighted by Gasteiger charge is 3.00. The van der Waals surface area contributed by atoms with E-state index in [-0.39, 0.29) is 0 Å². The highest BCUT2D eigenvalue weighted by molar-refractivity contribution is 7.65. The molecule has 0 aromatic heterocycles. The molecule has 0 N–H and O–H groups in total. The van der Waals surface area contributed by atoms with Crippen LogP contribution >= 0.6 is 33.2 Å². The van der Waals surface area contributed by atoms with Gasteiger partial charge in [-0.15, -0.1) is 33.2 Å². The second-order valence-electron chi connectivity index (χ2n) is 8.97. The summed E-state index contributed by atoms with van der Waals surface area (Å²) in [5, 5.41) is 0. The van der Waals surface area contributed by atoms with Gasteiger partial charge in [0.1, 0.15) is 0 Å². The average Bonchev–Trinajstić information content (AvgIpc) is 2.86. The van der Waals surface area contributed by atoms with Gasteiger partial charge in [0.15, 0.2) is 0 Å². The van der Waals surface area contributed by atoms with Crippen LogP contribution in [0.1, 0.15) is 5.56 Å². The molecule has 1 aromatic rings. The Labute approximate surface area is 263 Å². The minimum atomic E-state index is -9.64. The van der Waals surface area contributed by atoms with Crippen molar-refractivity contribution in [2.24, 2.45) is 0 Å². The van der Waals surface area contributed by atoms with Crippen molar-refractivity contribution in [2.45, 2.75) is 77.9 Å². The molecule has 0 aliphatic rings. The molecule has 0 atom stereocenters. The number of hydrogen-bond acceptors (Lipinski definition) is 0. The number of aryl methyl sites for hydroxylation is 1. The summed E-state index contributed by atoms with van der Waals surface area (Å²) in [5.41, 5.74) is -5.99. The van der Waals surface area contributed by atoms with Crippen LogP contribution in [0.15, 0.2) is 30.3 Å². The SMILES string of the molecule is Cc1ccccc1.FC(F)(F)C(F)(F)C(F)(F)C(F)(F)C(F)(F)C(F)(F)C(F)(F)C(F)(F)C(F)(F)C(F)(F)C(F)(F)C(F)(F)[Si](Cl)(Cl)Cl. The molecule has 0 amide bonds. The third-order valence-electron chi connectivity index (χ3n) is 5.60. The standard InChI is InChI=1S/C12Cl3F25Si.C7H8/c13-41(14,15)12(39,40)10(34,35)8(30,31)6(26,27)4(22,23)2(18,19)1(16,17)3(20,21)5(24,25)7(28,29)9(32,33)11(36,37)38;1-7-5-3-2-4-6-7/h;2-6H,1H3. The second kappa shape index (κ2) is 12.6. The lowest BCUT2D eigenvalue weighted by Crippen LogP contribution is -2.78. The van der Waals surface area contributed by atoms with Crippen LogP contribution in [0.25, 0.3) is 0 Å². The topological polar surface area (TPSA) is 0 Å². The first-order valence-corrected chi connectivity index (χ1v) is 15.7. The fourth-order valence-electron chi connectivity index (χ4n) is 2.66. The molecule has 0 bridgehead atoms. The number of alkyl halides is 25. The van der Waals surface area contributed by atoms with E-state index in [4.69, 9.17) is 0 Å². The smallest absolute Gasteiger partial charge is 0.200 e. The van der Waals surface area contributed by atoms with E-state index in [2.05, 4.69) is 52.3 Å². The highest BCUT2D eigenvalue weighted by Crippen LogP contribution is 2.68. The summed E-state index contributed by atoms with van der Waals surface area (Å²) >= 11 is 12.5. The Morgan fingerprint density at radius 2 is 0.562 bits per heavy atom. The first kappa shape index (κ1) is 46.6. The van der Waals surface area contributed by atoms with Gasteiger partial charge in [0.2, 0.25) is 0 Å². The van der Waals surface area contributed by atoms with Crippen molar-refractivity contribution in [1.82, 2.24) is 0 Å². The van der Waals surface area contributed by atoms with E-state index in [0.29, 0.717) is 0 Å². The van der Waals surface area contributed by atoms with Gasteiger partial charge in [-0.1, -0.05) is 35.9 Å². The fraction of sp³-hybridized carbons (Fsp3) is 0.684. The van der Waals surface area contributed by atoms with Gasteiger partial charge in [0, 0.05) is 0 Å². The molecule has 284 valence electrons. The molecule has 1 rings (SSSR count). The van der Waals surface area contributed by atoms with Crippen molar-refractivity contribution in [2.75, 3.05) is 0 Å². The van der Waals surface area contributed by atoms with Crippen LogP contribution in [0.4, 0.5) is 110 Å². The van der Waals surface area contributed by atoms with Crippen LogP contribution in [0.5, 0.6) is 0 Å². The Bertz CT molecular complexity index is 1180. The Morgan fingerprint density at radius 3 is 0.729 bits per heavy atom. The van der Waals surface area contributed by atoms with Crippen molar-refractivity contribution in [3.63, 3.8) is 0 Å². The van der Waals surface area contributed by atoms with E-state index in [1.54, 1.807) is 0 Å². The van der Waals surface area contributed by atoms with Crippen molar-refractivity contribution in [3.8, 4) is 0 Å². The Kier molecular flexibility index (Phi) is 12.3. The second-order valence-corrected chi connectivity index (χ2v) is 17.4. The summed E-state index contributed by atoms with van der Waals surface area (Å²) in [6.45, 7) is 2.08. The molecule has 0 unspecified atom stereocenters. The first-order valence-electron chi connectivity index (χ1n) is 10.7. The third-order valence-corrected chi connectivity index (χ3v) is 8.76. The molecule has 0 aliphatic heterocycles. The van der Waals surface area contributed by atoms with Gasteiger partial charge in [-0.3, -0.25) is 0 Å². The molecule has 48 heavy (non-hydrogen) atoms. The van der Waals surface area contributed by atoms with E-state index < -0.39 is 77.0 Å². The molecule has 0 fully saturated rings. The fourth-order valence-corrected chi connectivity index (χ4v) is 4.25. The molecule has 0 radical (unpaired) electrons. The van der Waals surface area contributed by atoms with Crippen molar-refractivity contribution in [3.05, 3.63) is 35.9 Å². The van der Waals surface area contributed by atoms with Crippen molar-refractivity contribution < 1.29 is 110 Å². The quantitative estimate of drug-likeness (QED) is 0.118. The summed E-state index contributed by atoms with van der Waals surface area (Å²) in [4.78, 5) is 0. The van der Waals surface area contributed by atoms with Gasteiger partial charge in [-0.25, -0.2) is 0 Å². The van der Waals surface area contributed by atoms with Crippen LogP contribution < -0.4 is 0 Å². The summed E-state index contributed by atoms with van der Waals surface area (Å²) in [6, 6.07) is 3.28. The van der Waals surface area contributed by atoms with E-state index in [1.807, 2.05) is 18.2 Å². The molecule has 29 heteroatoms. The lowest BCUT2D eigenvalue weighted by molar-refractivity contribution is -0.480. The van der Waals surface area contributed by atoms with Gasteiger partial charge in [-0.05, 0) is 6.92 Å². The van der Waals surface area contributed by atoms with Gasteiger partial charge >= 0.3 is 77.0 Å². The van der Waals surface area contributed by atoms with E-state index in [9.17, 15) is 110 Å². The summed E-state index contributed by atoms with van der Waals surface area (Å²) in [5.74, 6) is -92.3. The normalized spacial score (nSPS) is 16.0. The van der Waals surface area contributed by atoms with Crippen molar-refractivity contribution in [1.29, 1.82) is 0 Å². The van der Waals surface area contributed by atoms with Gasteiger partial charge in [0.05, 0.1) is 0 Å². The zero-order chi connectivity index (χ0) is 39.6. The Hall–Kier alpha value is -1.44. The van der Waals surface area contributed by atoms with Gasteiger partial charge < -0.3 is 0 Å². The van der Waals surface area contributed by atoms with E-state index >= 15 is 0 Å². The molecule has 0 spiro atoms. The number of halogens is 28. The summed E-state index contributed by atoms with van der Waals surface area (Å²) < 4.78 is 330. The van der Waals surface area contributed by atoms with Gasteiger partial charge in [0.25, 0.3) is 0 Å². The molecular formula is C19H8Cl3F25Si. The van der Waals surface area contributed by atoms with E-state index in [1.165, 1.54) is 5.56 Å². The number of rotatable bonds is 11. The Morgan fingerprint density at radius 1 is 0.354 bits per heavy atom. The molecule has 0 heterocycles. The van der Waals surface area contributed by atoms with Crippen LogP contribution in [0, 0.1) is 6.92 Å². The Balaban J connectivity index is 0.00000277. The minimum Gasteiger partial charge on any atom is -0.200 e. The molecular weight excluding hydrogens is 838 g/mol. The number of hydrogen-bond donors (Lipinski definition) is 0. The van der Waals surface area contributed by atoms with E-state index in [0.717, 1.165) is 0 Å². The maximum absolute atomic E-state index is 13.6. The predicted octanol–water partition coefficient (Wildman–Crippen LogP) is 11.7. The lowest BCUT2D eigenvalue weighted by atomic mass is 9.85. The van der Waals surface area contributed by atoms with Crippen molar-refractivity contribution >= 4 is 39.2 Å². The number of benzene rings is 1. The van der Waals surface area contributed by atoms with Crippen LogP contribution in [0.2, 0.25) is 0 Å². The zero-order valence-electron chi connectivity index (χ0n) is 21.5. The molecule has 0 saturated heterocycles.